The predicted octanol–water partition coefficient (Wildman–Crippen LogP) is -2.57. The van der Waals surface area contributed by atoms with E-state index in [9.17, 15) is 88.2 Å². The molecule has 2 aromatic carbocycles. The van der Waals surface area contributed by atoms with Gasteiger partial charge < -0.3 is 84.2 Å². The van der Waals surface area contributed by atoms with Crippen LogP contribution in [0.25, 0.3) is 0 Å². The lowest BCUT2D eigenvalue weighted by molar-refractivity contribution is -0.145. The Balaban J connectivity index is 2.37. The van der Waals surface area contributed by atoms with E-state index >= 15 is 0 Å². The van der Waals surface area contributed by atoms with Crippen LogP contribution in [0.3, 0.4) is 0 Å². The number of carboxylic acid groups (broad SMARTS) is 3. The Kier molecular flexibility index (Phi) is 29.7. The number of carboxylic acids is 3. The van der Waals surface area contributed by atoms with Crippen LogP contribution in [-0.2, 0) is 70.4 Å². The number of hydrogen-bond donors (Lipinski definition) is 16. The van der Waals surface area contributed by atoms with Gasteiger partial charge in [-0.05, 0) is 60.8 Å². The van der Waals surface area contributed by atoms with E-state index in [4.69, 9.17) is 5.73 Å². The van der Waals surface area contributed by atoms with Crippen molar-refractivity contribution >= 4 is 71.1 Å². The van der Waals surface area contributed by atoms with Crippen LogP contribution < -0.4 is 53.6 Å². The summed E-state index contributed by atoms with van der Waals surface area (Å²) in [4.78, 5) is 159. The minimum Gasteiger partial charge on any atom is -0.508 e. The molecule has 82 heavy (non-hydrogen) atoms. The standard InChI is InChI=1S/C54H80N10O18/c1-8-28(5)43(52(79)61-39(24-42(71)72)51(78)63-44(29(6)9-2)53(80)60-38(23-32-15-17-33(67)18-16-32)50(77)64-45(30(7)66)54(81)82)62-40(68)25-56-47(74)35(19-20-41(69)70)57-49(76)37(22-31-13-11-10-12-14-31)59-48(75)36(21-27(3)4)58-46(73)34(55)26-65/h10-18,27-30,34-39,43-45,65-67H,8-9,19-26,55H2,1-7H3,(H,56,74)(H,57,76)(H,58,73)(H,59,75)(H,60,80)(H,61,79)(H,62,68)(H,63,78)(H,64,77)(H,69,70)(H,71,72)(H,81,82)/t28-,29-,30+,34-,35-,36-,37-,38-,39-,43-,44-,45-/m0/s1. The third-order valence-electron chi connectivity index (χ3n) is 13.2. The second kappa shape index (κ2) is 34.8. The van der Waals surface area contributed by atoms with Crippen molar-refractivity contribution < 1.29 is 88.2 Å². The number of nitrogens with two attached hydrogens (primary N) is 1. The molecule has 0 heterocycles. The fourth-order valence-corrected chi connectivity index (χ4v) is 8.00. The minimum absolute atomic E-state index is 0.0849. The fourth-order valence-electron chi connectivity index (χ4n) is 8.00. The normalized spacial score (nSPS) is 15.5. The maximum Gasteiger partial charge on any atom is 0.328 e. The average Bonchev–Trinajstić information content (AvgIpc) is 3.45. The summed E-state index contributed by atoms with van der Waals surface area (Å²) in [5.41, 5.74) is 6.60. The molecule has 0 aliphatic rings. The highest BCUT2D eigenvalue weighted by atomic mass is 16.4. The van der Waals surface area contributed by atoms with Crippen LogP contribution in [0.5, 0.6) is 5.75 Å². The number of aliphatic carboxylic acids is 3. The highest BCUT2D eigenvalue weighted by Gasteiger charge is 2.37. The number of aromatic hydroxyl groups is 1. The highest BCUT2D eigenvalue weighted by molar-refractivity contribution is 5.99. The molecular weight excluding hydrogens is 1080 g/mol. The highest BCUT2D eigenvalue weighted by Crippen LogP contribution is 2.16. The molecule has 0 fully saturated rings. The lowest BCUT2D eigenvalue weighted by atomic mass is 9.96. The molecule has 0 spiro atoms. The Morgan fingerprint density at radius 1 is 0.512 bits per heavy atom. The largest absolute Gasteiger partial charge is 0.508 e. The first-order valence-electron chi connectivity index (χ1n) is 26.7. The molecule has 454 valence electrons. The third kappa shape index (κ3) is 24.2. The number of hydrogen-bond acceptors (Lipinski definition) is 16. The summed E-state index contributed by atoms with van der Waals surface area (Å²) in [5.74, 6) is -15.2. The average molecular weight is 1160 g/mol. The van der Waals surface area contributed by atoms with Crippen molar-refractivity contribution in [3.8, 4) is 5.75 Å². The smallest absolute Gasteiger partial charge is 0.328 e. The van der Waals surface area contributed by atoms with Crippen LogP contribution in [0.15, 0.2) is 54.6 Å². The molecule has 28 heteroatoms. The predicted molar refractivity (Wildman–Crippen MR) is 292 cm³/mol. The molecule has 0 aliphatic carbocycles. The maximum atomic E-state index is 14.1. The summed E-state index contributed by atoms with van der Waals surface area (Å²) in [6.45, 7) is 9.45. The number of rotatable bonds is 36. The van der Waals surface area contributed by atoms with E-state index in [1.807, 2.05) is 0 Å². The summed E-state index contributed by atoms with van der Waals surface area (Å²) in [5, 5.41) is 79.9. The van der Waals surface area contributed by atoms with Crippen molar-refractivity contribution in [2.45, 2.75) is 160 Å². The molecule has 0 saturated heterocycles. The zero-order valence-electron chi connectivity index (χ0n) is 46.9. The van der Waals surface area contributed by atoms with Gasteiger partial charge >= 0.3 is 17.9 Å². The van der Waals surface area contributed by atoms with Gasteiger partial charge in [0, 0.05) is 19.3 Å². The van der Waals surface area contributed by atoms with Gasteiger partial charge in [0.15, 0.2) is 6.04 Å². The van der Waals surface area contributed by atoms with Gasteiger partial charge in [-0.15, -0.1) is 0 Å². The number of phenols is 1. The molecule has 2 rings (SSSR count). The van der Waals surface area contributed by atoms with Gasteiger partial charge in [-0.3, -0.25) is 52.7 Å². The SMILES string of the molecule is CC[C@H](C)[C@H](NC(=O)CNC(=O)[C@H](CCC(=O)O)NC(=O)[C@H](Cc1ccccc1)NC(=O)[C@H](CC(C)C)NC(=O)[C@@H](N)CO)C(=O)N[C@@H](CC(=O)O)C(=O)N[C@H](C(=O)N[C@@H](Cc1ccc(O)cc1)C(=O)N[C@H](C(=O)O)[C@@H](C)O)[C@@H](C)CC. The van der Waals surface area contributed by atoms with Crippen molar-refractivity contribution in [2.24, 2.45) is 23.5 Å². The van der Waals surface area contributed by atoms with Gasteiger partial charge in [0.25, 0.3) is 0 Å². The number of aliphatic hydroxyl groups is 2. The summed E-state index contributed by atoms with van der Waals surface area (Å²) in [7, 11) is 0. The molecule has 0 aromatic heterocycles. The summed E-state index contributed by atoms with van der Waals surface area (Å²) >= 11 is 0. The van der Waals surface area contributed by atoms with E-state index in [2.05, 4.69) is 47.9 Å². The molecule has 2 aromatic rings. The Bertz CT molecular complexity index is 2520. The number of carbonyl (C=O) groups excluding carboxylic acids is 9. The number of carbonyl (C=O) groups is 12. The van der Waals surface area contributed by atoms with Crippen molar-refractivity contribution in [1.29, 1.82) is 0 Å². The summed E-state index contributed by atoms with van der Waals surface area (Å²) in [6.07, 6.45) is -3.69. The molecule has 17 N–H and O–H groups in total. The van der Waals surface area contributed by atoms with E-state index in [0.717, 1.165) is 6.92 Å². The van der Waals surface area contributed by atoms with Gasteiger partial charge in [-0.1, -0.05) is 96.8 Å². The third-order valence-corrected chi connectivity index (χ3v) is 13.2. The number of phenolic OH excluding ortho intramolecular Hbond substituents is 1. The number of nitrogens with one attached hydrogen (secondary N) is 9. The molecule has 0 bridgehead atoms. The van der Waals surface area contributed by atoms with E-state index < -0.39 is 176 Å². The Morgan fingerprint density at radius 3 is 1.45 bits per heavy atom. The van der Waals surface area contributed by atoms with Crippen LogP contribution >= 0.6 is 0 Å². The van der Waals surface area contributed by atoms with Gasteiger partial charge in [0.05, 0.1) is 25.7 Å². The van der Waals surface area contributed by atoms with Gasteiger partial charge in [0.1, 0.15) is 54.1 Å². The molecule has 0 aliphatic heterocycles. The Morgan fingerprint density at radius 2 is 0.963 bits per heavy atom. The maximum absolute atomic E-state index is 14.1. The zero-order valence-corrected chi connectivity index (χ0v) is 46.9. The van der Waals surface area contributed by atoms with Crippen LogP contribution in [0, 0.1) is 17.8 Å². The van der Waals surface area contributed by atoms with Gasteiger partial charge in [0.2, 0.25) is 53.2 Å². The Labute approximate surface area is 474 Å². The molecule has 0 radical (unpaired) electrons. The van der Waals surface area contributed by atoms with Crippen molar-refractivity contribution in [1.82, 2.24) is 47.9 Å². The van der Waals surface area contributed by atoms with Crippen LogP contribution in [-0.4, -0.2) is 175 Å². The number of amides is 9. The Hall–Kier alpha value is -8.24. The lowest BCUT2D eigenvalue weighted by Crippen LogP contribution is -2.61. The van der Waals surface area contributed by atoms with E-state index in [-0.39, 0.29) is 43.8 Å². The first-order chi connectivity index (χ1) is 38.5. The number of aliphatic hydroxyl groups excluding tert-OH is 2. The second-order valence-corrected chi connectivity index (χ2v) is 20.4. The second-order valence-electron chi connectivity index (χ2n) is 20.4. The van der Waals surface area contributed by atoms with E-state index in [1.54, 1.807) is 65.0 Å². The van der Waals surface area contributed by atoms with E-state index in [0.29, 0.717) is 11.1 Å². The molecule has 12 atom stereocenters. The fraction of sp³-hybridized carbons (Fsp3) is 0.556. The quantitative estimate of drug-likeness (QED) is 0.0334. The van der Waals surface area contributed by atoms with Crippen molar-refractivity contribution in [3.63, 3.8) is 0 Å². The zero-order chi connectivity index (χ0) is 62.0. The van der Waals surface area contributed by atoms with Gasteiger partial charge in [-0.25, -0.2) is 4.79 Å². The molecule has 9 amide bonds. The van der Waals surface area contributed by atoms with Gasteiger partial charge in [-0.2, -0.15) is 0 Å². The minimum atomic E-state index is -1.90. The van der Waals surface area contributed by atoms with Crippen LogP contribution in [0.2, 0.25) is 0 Å². The summed E-state index contributed by atoms with van der Waals surface area (Å²) < 4.78 is 0. The van der Waals surface area contributed by atoms with Crippen LogP contribution in [0.4, 0.5) is 0 Å². The lowest BCUT2D eigenvalue weighted by Gasteiger charge is -2.30. The molecule has 0 saturated carbocycles. The van der Waals surface area contributed by atoms with E-state index in [1.165, 1.54) is 31.2 Å². The topological polar surface area (TPSA) is 461 Å². The van der Waals surface area contributed by atoms with Crippen molar-refractivity contribution in [2.75, 3.05) is 13.2 Å². The number of benzene rings is 2. The molecular formula is C54H80N10O18. The molecule has 0 unspecified atom stereocenters. The van der Waals surface area contributed by atoms with Crippen molar-refractivity contribution in [3.05, 3.63) is 65.7 Å². The molecule has 28 nitrogen and oxygen atoms in total. The summed E-state index contributed by atoms with van der Waals surface area (Å²) in [6, 6.07) is -0.0987. The monoisotopic (exact) mass is 1160 g/mol. The first-order valence-corrected chi connectivity index (χ1v) is 26.7. The van der Waals surface area contributed by atoms with Crippen LogP contribution in [0.1, 0.15) is 98.1 Å². The first kappa shape index (κ1) is 69.9.